The van der Waals surface area contributed by atoms with Gasteiger partial charge in [-0.05, 0) is 59.5 Å². The van der Waals surface area contributed by atoms with E-state index < -0.39 is 17.1 Å². The summed E-state index contributed by atoms with van der Waals surface area (Å²) < 4.78 is 5.40. The SMILES string of the molecule is O=C(Nc1cccc(SC(C(=O)Nc2cccc3ccccc23)c2ccccc2)c1)/C(=C/c1ccco1)NC(=O)c1ccccc1. The molecule has 0 radical (unpaired) electrons. The number of hydrogen-bond acceptors (Lipinski definition) is 5. The molecule has 46 heavy (non-hydrogen) atoms. The van der Waals surface area contributed by atoms with Gasteiger partial charge >= 0.3 is 0 Å². The molecule has 0 aliphatic carbocycles. The zero-order chi connectivity index (χ0) is 31.7. The number of fused-ring (bicyclic) bond motifs is 1. The third-order valence-electron chi connectivity index (χ3n) is 7.09. The number of amides is 3. The van der Waals surface area contributed by atoms with E-state index in [1.165, 1.54) is 24.1 Å². The molecule has 1 aromatic heterocycles. The minimum Gasteiger partial charge on any atom is -0.465 e. The van der Waals surface area contributed by atoms with E-state index in [-0.39, 0.29) is 11.6 Å². The van der Waals surface area contributed by atoms with Crippen LogP contribution in [0.1, 0.15) is 26.9 Å². The van der Waals surface area contributed by atoms with Crippen molar-refractivity contribution in [2.24, 2.45) is 0 Å². The molecule has 0 fully saturated rings. The van der Waals surface area contributed by atoms with Crippen molar-refractivity contribution >= 4 is 57.7 Å². The summed E-state index contributed by atoms with van der Waals surface area (Å²) in [7, 11) is 0. The Bertz CT molecular complexity index is 2000. The average Bonchev–Trinajstić information content (AvgIpc) is 3.61. The van der Waals surface area contributed by atoms with Gasteiger partial charge < -0.3 is 20.4 Å². The van der Waals surface area contributed by atoms with E-state index in [1.54, 1.807) is 54.6 Å². The molecule has 3 N–H and O–H groups in total. The fraction of sp³-hybridized carbons (Fsp3) is 0.0263. The predicted octanol–water partition coefficient (Wildman–Crippen LogP) is 8.31. The lowest BCUT2D eigenvalue weighted by molar-refractivity contribution is -0.116. The number of rotatable bonds is 10. The zero-order valence-corrected chi connectivity index (χ0v) is 25.4. The van der Waals surface area contributed by atoms with E-state index in [9.17, 15) is 14.4 Å². The van der Waals surface area contributed by atoms with E-state index in [2.05, 4.69) is 16.0 Å². The van der Waals surface area contributed by atoms with Gasteiger partial charge in [-0.25, -0.2) is 0 Å². The van der Waals surface area contributed by atoms with Crippen LogP contribution in [0.4, 0.5) is 11.4 Å². The molecule has 5 aromatic carbocycles. The normalized spacial score (nSPS) is 11.9. The van der Waals surface area contributed by atoms with Crippen LogP contribution in [-0.4, -0.2) is 17.7 Å². The highest BCUT2D eigenvalue weighted by Gasteiger charge is 2.23. The largest absolute Gasteiger partial charge is 0.465 e. The molecule has 0 spiro atoms. The molecule has 1 unspecified atom stereocenters. The number of benzene rings is 5. The van der Waals surface area contributed by atoms with Crippen LogP contribution in [0.2, 0.25) is 0 Å². The lowest BCUT2D eigenvalue weighted by Crippen LogP contribution is -2.30. The molecule has 0 aliphatic heterocycles. The third-order valence-corrected chi connectivity index (χ3v) is 8.34. The Morgan fingerprint density at radius 2 is 1.41 bits per heavy atom. The number of furan rings is 1. The van der Waals surface area contributed by atoms with Gasteiger partial charge in [-0.1, -0.05) is 91.0 Å². The third kappa shape index (κ3) is 7.43. The summed E-state index contributed by atoms with van der Waals surface area (Å²) in [6.07, 6.45) is 2.96. The van der Waals surface area contributed by atoms with Crippen molar-refractivity contribution in [3.8, 4) is 0 Å². The van der Waals surface area contributed by atoms with Gasteiger partial charge in [0, 0.05) is 33.3 Å². The van der Waals surface area contributed by atoms with Crippen LogP contribution in [-0.2, 0) is 9.59 Å². The van der Waals surface area contributed by atoms with Crippen molar-refractivity contribution in [2.75, 3.05) is 10.6 Å². The summed E-state index contributed by atoms with van der Waals surface area (Å²) in [6, 6.07) is 42.6. The molecule has 6 aromatic rings. The second kappa shape index (κ2) is 14.3. The molecule has 3 amide bonds. The summed E-state index contributed by atoms with van der Waals surface area (Å²) in [5.74, 6) is -0.725. The Balaban J connectivity index is 1.23. The van der Waals surface area contributed by atoms with Crippen LogP contribution in [0.3, 0.4) is 0 Å². The first-order valence-corrected chi connectivity index (χ1v) is 15.4. The van der Waals surface area contributed by atoms with E-state index >= 15 is 0 Å². The van der Waals surface area contributed by atoms with Gasteiger partial charge in [-0.15, -0.1) is 11.8 Å². The molecule has 0 bridgehead atoms. The number of hydrogen-bond donors (Lipinski definition) is 3. The maximum atomic E-state index is 13.8. The molecule has 226 valence electrons. The minimum atomic E-state index is -0.578. The van der Waals surface area contributed by atoms with Crippen LogP contribution in [0.15, 0.2) is 161 Å². The quantitative estimate of drug-likeness (QED) is 0.105. The lowest BCUT2D eigenvalue weighted by atomic mass is 10.1. The molecule has 8 heteroatoms. The second-order valence-electron chi connectivity index (χ2n) is 10.3. The molecule has 1 heterocycles. The molecule has 0 saturated carbocycles. The number of nitrogens with one attached hydrogen (secondary N) is 3. The van der Waals surface area contributed by atoms with Gasteiger partial charge in [-0.2, -0.15) is 0 Å². The zero-order valence-electron chi connectivity index (χ0n) is 24.6. The van der Waals surface area contributed by atoms with Gasteiger partial charge in [-0.3, -0.25) is 14.4 Å². The maximum Gasteiger partial charge on any atom is 0.272 e. The summed E-state index contributed by atoms with van der Waals surface area (Å²) in [6.45, 7) is 0. The Labute approximate surface area is 270 Å². The first kappa shape index (κ1) is 30.2. The number of thioether (sulfide) groups is 1. The number of anilines is 2. The smallest absolute Gasteiger partial charge is 0.272 e. The van der Waals surface area contributed by atoms with Crippen molar-refractivity contribution in [3.63, 3.8) is 0 Å². The van der Waals surface area contributed by atoms with Crippen LogP contribution in [0.25, 0.3) is 16.8 Å². The maximum absolute atomic E-state index is 13.8. The van der Waals surface area contributed by atoms with Crippen molar-refractivity contribution in [1.82, 2.24) is 5.32 Å². The van der Waals surface area contributed by atoms with Crippen molar-refractivity contribution < 1.29 is 18.8 Å². The van der Waals surface area contributed by atoms with Gasteiger partial charge in [0.1, 0.15) is 16.7 Å². The van der Waals surface area contributed by atoms with Crippen LogP contribution in [0, 0.1) is 0 Å². The van der Waals surface area contributed by atoms with E-state index in [4.69, 9.17) is 4.42 Å². The highest BCUT2D eigenvalue weighted by atomic mass is 32.2. The summed E-state index contributed by atoms with van der Waals surface area (Å²) in [4.78, 5) is 41.0. The minimum absolute atomic E-state index is 0.0125. The highest BCUT2D eigenvalue weighted by molar-refractivity contribution is 8.00. The van der Waals surface area contributed by atoms with Crippen LogP contribution < -0.4 is 16.0 Å². The fourth-order valence-corrected chi connectivity index (χ4v) is 5.96. The summed E-state index contributed by atoms with van der Waals surface area (Å²) in [5.41, 5.74) is 2.49. The molecular weight excluding hydrogens is 595 g/mol. The molecule has 1 atom stereocenters. The second-order valence-corrected chi connectivity index (χ2v) is 11.5. The Kier molecular flexibility index (Phi) is 9.37. The van der Waals surface area contributed by atoms with Crippen molar-refractivity contribution in [1.29, 1.82) is 0 Å². The average molecular weight is 624 g/mol. The van der Waals surface area contributed by atoms with Crippen molar-refractivity contribution in [3.05, 3.63) is 168 Å². The van der Waals surface area contributed by atoms with Crippen molar-refractivity contribution in [2.45, 2.75) is 10.1 Å². The Hall–Kier alpha value is -5.86. The predicted molar refractivity (Wildman–Crippen MR) is 183 cm³/mol. The standard InChI is InChI=1S/C38H29N3O4S/c42-36(28-15-5-2-6-16-28)41-34(25-30-19-11-23-45-30)37(43)39-29-18-10-20-31(24-29)46-35(27-13-3-1-4-14-27)38(44)40-33-22-9-17-26-12-7-8-21-32(26)33/h1-25,35H,(H,39,43)(H,40,44)(H,41,42)/b34-25-. The Morgan fingerprint density at radius 3 is 2.20 bits per heavy atom. The lowest BCUT2D eigenvalue weighted by Gasteiger charge is -2.18. The van der Waals surface area contributed by atoms with Gasteiger partial charge in [0.2, 0.25) is 5.91 Å². The van der Waals surface area contributed by atoms with Gasteiger partial charge in [0.15, 0.2) is 0 Å². The van der Waals surface area contributed by atoms with E-state index in [0.717, 1.165) is 26.9 Å². The molecule has 0 saturated heterocycles. The van der Waals surface area contributed by atoms with E-state index in [0.29, 0.717) is 17.0 Å². The summed E-state index contributed by atoms with van der Waals surface area (Å²) in [5, 5.41) is 10.1. The molecule has 6 rings (SSSR count). The summed E-state index contributed by atoms with van der Waals surface area (Å²) >= 11 is 1.37. The van der Waals surface area contributed by atoms with Gasteiger partial charge in [0.25, 0.3) is 11.8 Å². The highest BCUT2D eigenvalue weighted by Crippen LogP contribution is 2.38. The van der Waals surface area contributed by atoms with Crippen LogP contribution >= 0.6 is 11.8 Å². The number of carbonyl (C=O) groups is 3. The first-order chi connectivity index (χ1) is 22.5. The Morgan fingerprint density at radius 1 is 0.696 bits per heavy atom. The molecule has 7 nitrogen and oxygen atoms in total. The first-order valence-electron chi connectivity index (χ1n) is 14.6. The molecule has 0 aliphatic rings. The van der Waals surface area contributed by atoms with Crippen LogP contribution in [0.5, 0.6) is 0 Å². The number of carbonyl (C=O) groups excluding carboxylic acids is 3. The molecular formula is C38H29N3O4S. The monoisotopic (exact) mass is 623 g/mol. The van der Waals surface area contributed by atoms with E-state index in [1.807, 2.05) is 84.9 Å². The van der Waals surface area contributed by atoms with Gasteiger partial charge in [0.05, 0.1) is 6.26 Å². The fourth-order valence-electron chi connectivity index (χ4n) is 4.87. The topological polar surface area (TPSA) is 100 Å².